The van der Waals surface area contributed by atoms with Crippen molar-refractivity contribution in [3.63, 3.8) is 0 Å². The molecule has 0 aliphatic heterocycles. The van der Waals surface area contributed by atoms with Crippen LogP contribution < -0.4 is 0 Å². The van der Waals surface area contributed by atoms with Crippen molar-refractivity contribution in [3.8, 4) is 90.4 Å². The smallest absolute Gasteiger partial charge is 0.148 e. The molecule has 11 rings (SSSR count). The minimum atomic E-state index is 0. The fourth-order valence-corrected chi connectivity index (χ4v) is 8.02. The molecular formula is C52H32N8O2Pt2-2. The summed E-state index contributed by atoms with van der Waals surface area (Å²) in [4.78, 5) is 28.4. The molecule has 0 spiro atoms. The Morgan fingerprint density at radius 1 is 0.422 bits per heavy atom. The number of phenols is 2. The largest absolute Gasteiger partial charge is 0.507 e. The van der Waals surface area contributed by atoms with Gasteiger partial charge in [-0.1, -0.05) is 76.9 Å². The van der Waals surface area contributed by atoms with Crippen molar-refractivity contribution in [2.75, 3.05) is 0 Å². The van der Waals surface area contributed by atoms with E-state index in [1.54, 1.807) is 55.4 Å². The maximum atomic E-state index is 10.9. The van der Waals surface area contributed by atoms with Crippen molar-refractivity contribution in [1.29, 1.82) is 0 Å². The molecule has 0 bridgehead atoms. The van der Waals surface area contributed by atoms with Crippen LogP contribution in [0.15, 0.2) is 183 Å². The molecule has 0 aliphatic carbocycles. The van der Waals surface area contributed by atoms with Crippen LogP contribution in [0.4, 0.5) is 0 Å². The fourth-order valence-electron chi connectivity index (χ4n) is 8.02. The maximum Gasteiger partial charge on any atom is 0.148 e. The summed E-state index contributed by atoms with van der Waals surface area (Å²) in [5, 5.41) is 21.8. The minimum absolute atomic E-state index is 0. The number of imidazole rings is 2. The molecule has 5 heterocycles. The molecule has 0 radical (unpaired) electrons. The predicted molar refractivity (Wildman–Crippen MR) is 240 cm³/mol. The zero-order valence-electron chi connectivity index (χ0n) is 33.4. The van der Waals surface area contributed by atoms with Crippen molar-refractivity contribution in [1.82, 2.24) is 39.0 Å². The summed E-state index contributed by atoms with van der Waals surface area (Å²) in [7, 11) is 0. The van der Waals surface area contributed by atoms with Gasteiger partial charge >= 0.3 is 0 Å². The first-order chi connectivity index (χ1) is 30.6. The van der Waals surface area contributed by atoms with Crippen LogP contribution >= 0.6 is 0 Å². The van der Waals surface area contributed by atoms with Crippen molar-refractivity contribution in [2.45, 2.75) is 0 Å². The van der Waals surface area contributed by atoms with E-state index in [9.17, 15) is 10.2 Å². The van der Waals surface area contributed by atoms with Crippen LogP contribution in [-0.2, 0) is 42.1 Å². The molecule has 11 aromatic rings. The summed E-state index contributed by atoms with van der Waals surface area (Å²) in [6.07, 6.45) is 8.61. The minimum Gasteiger partial charge on any atom is -0.507 e. The molecule has 6 aromatic carbocycles. The van der Waals surface area contributed by atoms with E-state index in [1.165, 1.54) is 0 Å². The van der Waals surface area contributed by atoms with Gasteiger partial charge in [0.25, 0.3) is 0 Å². The van der Waals surface area contributed by atoms with Crippen molar-refractivity contribution >= 4 is 22.1 Å². The van der Waals surface area contributed by atoms with Gasteiger partial charge in [-0.3, -0.25) is 29.1 Å². The molecule has 0 saturated heterocycles. The molecule has 0 atom stereocenters. The number of benzene rings is 6. The molecule has 0 unspecified atom stereocenters. The second-order valence-electron chi connectivity index (χ2n) is 14.6. The van der Waals surface area contributed by atoms with Gasteiger partial charge in [0.05, 0.1) is 63.3 Å². The van der Waals surface area contributed by atoms with Crippen LogP contribution in [0.2, 0.25) is 0 Å². The molecule has 0 saturated carbocycles. The molecule has 314 valence electrons. The maximum absolute atomic E-state index is 10.9. The quantitative estimate of drug-likeness (QED) is 0.144. The molecular weight excluding hydrogens is 1160 g/mol. The molecule has 12 heteroatoms. The topological polar surface area (TPSA) is 128 Å². The Kier molecular flexibility index (Phi) is 11.6. The van der Waals surface area contributed by atoms with Gasteiger partial charge in [0.2, 0.25) is 0 Å². The summed E-state index contributed by atoms with van der Waals surface area (Å²) >= 11 is 0. The fraction of sp³-hybridized carbons (Fsp3) is 0. The molecule has 0 fully saturated rings. The van der Waals surface area contributed by atoms with Crippen LogP contribution in [0.1, 0.15) is 0 Å². The van der Waals surface area contributed by atoms with Gasteiger partial charge in [-0.2, -0.15) is 0 Å². The summed E-state index contributed by atoms with van der Waals surface area (Å²) < 4.78 is 4.04. The zero-order valence-corrected chi connectivity index (χ0v) is 38.0. The Hall–Kier alpha value is -7.38. The summed E-state index contributed by atoms with van der Waals surface area (Å²) in [6.45, 7) is 0. The van der Waals surface area contributed by atoms with E-state index in [1.807, 2.05) is 137 Å². The number of nitrogens with zero attached hydrogens (tertiary/aromatic N) is 8. The van der Waals surface area contributed by atoms with E-state index in [0.717, 1.165) is 66.8 Å². The van der Waals surface area contributed by atoms with Crippen LogP contribution in [-0.4, -0.2) is 49.3 Å². The normalized spacial score (nSPS) is 11.0. The van der Waals surface area contributed by atoms with Gasteiger partial charge < -0.3 is 10.2 Å². The number of para-hydroxylation sites is 4. The third-order valence-electron chi connectivity index (χ3n) is 10.9. The average Bonchev–Trinajstić information content (AvgIpc) is 3.92. The molecule has 0 amide bonds. The van der Waals surface area contributed by atoms with Crippen molar-refractivity contribution < 1.29 is 52.3 Å². The third kappa shape index (κ3) is 7.51. The number of aromatic hydroxyl groups is 2. The molecule has 5 aromatic heterocycles. The Labute approximate surface area is 396 Å². The first kappa shape index (κ1) is 41.9. The van der Waals surface area contributed by atoms with Gasteiger partial charge in [-0.05, 0) is 60.7 Å². The summed E-state index contributed by atoms with van der Waals surface area (Å²) in [5.74, 6) is 1.47. The van der Waals surface area contributed by atoms with Crippen molar-refractivity contribution in [3.05, 3.63) is 195 Å². The van der Waals surface area contributed by atoms with E-state index in [2.05, 4.69) is 32.1 Å². The summed E-state index contributed by atoms with van der Waals surface area (Å²) in [5.41, 5.74) is 12.5. The average molecular weight is 1190 g/mol. The SMILES string of the molecule is Oc1ccccc1-c1nc2c(-c3[c-]c(-c4cc(-c5[c-]c(-c6cccc7c6nc(-c6ccccc6O)n7-c6cccnc6)ccc5)ncn4)ccc3)cccc2n1-c1cccnc1.[Pt].[Pt]. The second kappa shape index (κ2) is 17.8. The van der Waals surface area contributed by atoms with Crippen LogP contribution in [0.25, 0.3) is 101 Å². The number of hydrogen-bond acceptors (Lipinski definition) is 8. The third-order valence-corrected chi connectivity index (χ3v) is 10.9. The van der Waals surface area contributed by atoms with E-state index >= 15 is 0 Å². The number of rotatable bonds is 8. The standard InChI is InChI=1S/C52H32N8O2.2Pt/c61-47-23-3-1-17-41(47)51-57-49-39(19-7-21-45(49)59(51)37-15-9-25-53-30-37)33-11-5-13-35(27-33)43-29-44(56-32-55-43)36-14-6-12-34(28-36)40-20-8-22-46-50(40)58-52(42-18-2-4-24-48(42)62)60(46)38-16-10-26-54-31-38;;/h1-26,29-32,61-62H;;/q-2;;. The number of phenolic OH excluding ortho intramolecular Hbond substituents is 2. The Morgan fingerprint density at radius 3 is 1.28 bits per heavy atom. The first-order valence-corrected chi connectivity index (χ1v) is 19.9. The van der Waals surface area contributed by atoms with Crippen LogP contribution in [0.3, 0.4) is 0 Å². The molecule has 10 nitrogen and oxygen atoms in total. The van der Waals surface area contributed by atoms with Crippen LogP contribution in [0.5, 0.6) is 11.5 Å². The van der Waals surface area contributed by atoms with Gasteiger partial charge in [-0.15, -0.1) is 59.7 Å². The van der Waals surface area contributed by atoms with E-state index in [-0.39, 0.29) is 53.6 Å². The summed E-state index contributed by atoms with van der Waals surface area (Å²) in [6, 6.07) is 55.4. The molecule has 0 aliphatic rings. The van der Waals surface area contributed by atoms with Crippen LogP contribution in [0, 0.1) is 12.1 Å². The number of fused-ring (bicyclic) bond motifs is 2. The van der Waals surface area contributed by atoms with Gasteiger partial charge in [0.15, 0.2) is 0 Å². The van der Waals surface area contributed by atoms with Gasteiger partial charge in [-0.25, -0.2) is 9.97 Å². The number of aromatic nitrogens is 8. The van der Waals surface area contributed by atoms with E-state index < -0.39 is 0 Å². The van der Waals surface area contributed by atoms with E-state index in [4.69, 9.17) is 9.97 Å². The first-order valence-electron chi connectivity index (χ1n) is 19.9. The Morgan fingerprint density at radius 2 is 0.844 bits per heavy atom. The number of hydrogen-bond donors (Lipinski definition) is 2. The van der Waals surface area contributed by atoms with Gasteiger partial charge in [0, 0.05) is 65.9 Å². The Balaban J connectivity index is 0.00000259. The second-order valence-corrected chi connectivity index (χ2v) is 14.6. The molecule has 64 heavy (non-hydrogen) atoms. The monoisotopic (exact) mass is 1190 g/mol. The Bertz CT molecular complexity index is 3240. The van der Waals surface area contributed by atoms with Crippen molar-refractivity contribution in [2.24, 2.45) is 0 Å². The van der Waals surface area contributed by atoms with E-state index in [0.29, 0.717) is 34.2 Å². The van der Waals surface area contributed by atoms with Gasteiger partial charge in [0.1, 0.15) is 23.1 Å². The number of pyridine rings is 2. The predicted octanol–water partition coefficient (Wildman–Crippen LogP) is 11.0. The molecule has 2 N–H and O–H groups in total. The zero-order chi connectivity index (χ0) is 41.6.